The second kappa shape index (κ2) is 11.2. The summed E-state index contributed by atoms with van der Waals surface area (Å²) in [7, 11) is 0. The van der Waals surface area contributed by atoms with Crippen molar-refractivity contribution < 1.29 is 19.7 Å². The first kappa shape index (κ1) is 18.4. The summed E-state index contributed by atoms with van der Waals surface area (Å²) in [4.78, 5) is 12.6. The molecule has 1 unspecified atom stereocenters. The molecule has 0 aliphatic rings. The summed E-state index contributed by atoms with van der Waals surface area (Å²) in [5.41, 5.74) is 0. The number of carbonyl (C=O) groups is 1. The third-order valence-electron chi connectivity index (χ3n) is 2.96. The van der Waals surface area contributed by atoms with Gasteiger partial charge < -0.3 is 14.9 Å². The highest BCUT2D eigenvalue weighted by molar-refractivity contribution is 5.66. The minimum atomic E-state index is -0.771. The normalized spacial score (nSPS) is 13.2. The smallest absolute Gasteiger partial charge is 0.303 e. The molecule has 0 aliphatic heterocycles. The zero-order valence-electron chi connectivity index (χ0n) is 12.5. The monoisotopic (exact) mass is 275 g/mol. The van der Waals surface area contributed by atoms with Gasteiger partial charge in [0.2, 0.25) is 0 Å². The molecule has 19 heavy (non-hydrogen) atoms. The lowest BCUT2D eigenvalue weighted by Gasteiger charge is -2.28. The number of carboxylic acid groups (broad SMARTS) is 1. The van der Waals surface area contributed by atoms with E-state index >= 15 is 0 Å². The van der Waals surface area contributed by atoms with Gasteiger partial charge in [0.1, 0.15) is 0 Å². The van der Waals surface area contributed by atoms with Crippen molar-refractivity contribution in [2.75, 3.05) is 26.3 Å². The molecule has 0 aliphatic carbocycles. The maximum absolute atomic E-state index is 10.5. The van der Waals surface area contributed by atoms with E-state index in [1.807, 2.05) is 13.8 Å². The van der Waals surface area contributed by atoms with Gasteiger partial charge in [-0.3, -0.25) is 9.69 Å². The average Bonchev–Trinajstić information content (AvgIpc) is 2.33. The lowest BCUT2D eigenvalue weighted by atomic mass is 10.2. The molecular weight excluding hydrogens is 246 g/mol. The van der Waals surface area contributed by atoms with Gasteiger partial charge in [-0.25, -0.2) is 0 Å². The Morgan fingerprint density at radius 1 is 1.32 bits per heavy atom. The van der Waals surface area contributed by atoms with Crippen molar-refractivity contribution in [2.24, 2.45) is 0 Å². The number of carboxylic acids is 1. The number of nitrogens with zero attached hydrogens (tertiary/aromatic N) is 1. The topological polar surface area (TPSA) is 70.0 Å². The van der Waals surface area contributed by atoms with E-state index < -0.39 is 12.1 Å². The Hall–Kier alpha value is -0.650. The molecule has 2 N–H and O–H groups in total. The first-order valence-corrected chi connectivity index (χ1v) is 7.19. The SMILES string of the molecule is CCCCOCC(O)CN(CCCC(=O)O)C(C)C. The van der Waals surface area contributed by atoms with Gasteiger partial charge in [-0.2, -0.15) is 0 Å². The lowest BCUT2D eigenvalue weighted by molar-refractivity contribution is -0.137. The number of unbranched alkanes of at least 4 members (excludes halogenated alkanes) is 1. The van der Waals surface area contributed by atoms with Gasteiger partial charge in [0, 0.05) is 25.6 Å². The molecule has 0 fully saturated rings. The molecule has 5 nitrogen and oxygen atoms in total. The molecule has 0 aromatic carbocycles. The summed E-state index contributed by atoms with van der Waals surface area (Å²) < 4.78 is 5.39. The maximum atomic E-state index is 10.5. The summed E-state index contributed by atoms with van der Waals surface area (Å²) in [5.74, 6) is -0.771. The van der Waals surface area contributed by atoms with Crippen LogP contribution in [0.2, 0.25) is 0 Å². The Morgan fingerprint density at radius 3 is 2.53 bits per heavy atom. The summed E-state index contributed by atoms with van der Waals surface area (Å²) in [5, 5.41) is 18.5. The van der Waals surface area contributed by atoms with Gasteiger partial charge in [-0.05, 0) is 33.2 Å². The molecule has 0 heterocycles. The predicted molar refractivity (Wildman–Crippen MR) is 75.3 cm³/mol. The van der Waals surface area contributed by atoms with Crippen LogP contribution in [0, 0.1) is 0 Å². The van der Waals surface area contributed by atoms with Gasteiger partial charge in [-0.1, -0.05) is 13.3 Å². The number of aliphatic hydroxyl groups excluding tert-OH is 1. The van der Waals surface area contributed by atoms with Crippen molar-refractivity contribution in [1.29, 1.82) is 0 Å². The number of hydrogen-bond acceptors (Lipinski definition) is 4. The van der Waals surface area contributed by atoms with Gasteiger partial charge >= 0.3 is 5.97 Å². The molecule has 0 spiro atoms. The van der Waals surface area contributed by atoms with Crippen LogP contribution in [0.5, 0.6) is 0 Å². The minimum absolute atomic E-state index is 0.173. The van der Waals surface area contributed by atoms with E-state index in [-0.39, 0.29) is 6.42 Å². The standard InChI is InChI=1S/C14H29NO4/c1-4-5-9-19-11-13(16)10-15(12(2)3)8-6-7-14(17)18/h12-13,16H,4-11H2,1-3H3,(H,17,18). The second-order valence-corrected chi connectivity index (χ2v) is 5.17. The van der Waals surface area contributed by atoms with E-state index in [1.165, 1.54) is 0 Å². The molecule has 0 saturated heterocycles. The molecule has 0 radical (unpaired) electrons. The molecular formula is C14H29NO4. The van der Waals surface area contributed by atoms with Gasteiger partial charge in [0.25, 0.3) is 0 Å². The van der Waals surface area contributed by atoms with Crippen molar-refractivity contribution in [1.82, 2.24) is 4.90 Å². The summed E-state index contributed by atoms with van der Waals surface area (Å²) >= 11 is 0. The highest BCUT2D eigenvalue weighted by atomic mass is 16.5. The van der Waals surface area contributed by atoms with Crippen molar-refractivity contribution >= 4 is 5.97 Å². The number of aliphatic carboxylic acids is 1. The number of rotatable bonds is 12. The Labute approximate surface area is 116 Å². The molecule has 0 aromatic rings. The summed E-state index contributed by atoms with van der Waals surface area (Å²) in [6, 6.07) is 0.291. The highest BCUT2D eigenvalue weighted by Crippen LogP contribution is 2.04. The Bertz CT molecular complexity index is 233. The van der Waals surface area contributed by atoms with Crippen LogP contribution in [0.3, 0.4) is 0 Å². The van der Waals surface area contributed by atoms with E-state index in [9.17, 15) is 9.90 Å². The van der Waals surface area contributed by atoms with Crippen LogP contribution in [0.4, 0.5) is 0 Å². The van der Waals surface area contributed by atoms with Crippen LogP contribution in [0.25, 0.3) is 0 Å². The fraction of sp³-hybridized carbons (Fsp3) is 0.929. The Kier molecular flexibility index (Phi) is 10.8. The second-order valence-electron chi connectivity index (χ2n) is 5.17. The van der Waals surface area contributed by atoms with Gasteiger partial charge in [0.05, 0.1) is 12.7 Å². The zero-order valence-corrected chi connectivity index (χ0v) is 12.5. The van der Waals surface area contributed by atoms with Crippen LogP contribution in [-0.4, -0.2) is 59.5 Å². The van der Waals surface area contributed by atoms with Crippen LogP contribution in [0.15, 0.2) is 0 Å². The van der Waals surface area contributed by atoms with E-state index in [0.717, 1.165) is 12.8 Å². The van der Waals surface area contributed by atoms with Crippen LogP contribution in [-0.2, 0) is 9.53 Å². The zero-order chi connectivity index (χ0) is 14.7. The Balaban J connectivity index is 3.87. The molecule has 0 saturated carbocycles. The van der Waals surface area contributed by atoms with E-state index in [0.29, 0.717) is 38.8 Å². The van der Waals surface area contributed by atoms with Gasteiger partial charge in [-0.15, -0.1) is 0 Å². The van der Waals surface area contributed by atoms with E-state index in [1.54, 1.807) is 0 Å². The first-order valence-electron chi connectivity index (χ1n) is 7.19. The fourth-order valence-electron chi connectivity index (χ4n) is 1.78. The van der Waals surface area contributed by atoms with Crippen LogP contribution < -0.4 is 0 Å². The average molecular weight is 275 g/mol. The molecule has 0 bridgehead atoms. The fourth-order valence-corrected chi connectivity index (χ4v) is 1.78. The number of ether oxygens (including phenoxy) is 1. The van der Waals surface area contributed by atoms with Crippen molar-refractivity contribution in [3.63, 3.8) is 0 Å². The van der Waals surface area contributed by atoms with E-state index in [2.05, 4.69) is 11.8 Å². The largest absolute Gasteiger partial charge is 0.481 e. The highest BCUT2D eigenvalue weighted by Gasteiger charge is 2.15. The van der Waals surface area contributed by atoms with Gasteiger partial charge in [0.15, 0.2) is 0 Å². The van der Waals surface area contributed by atoms with Crippen molar-refractivity contribution in [3.05, 3.63) is 0 Å². The lowest BCUT2D eigenvalue weighted by Crippen LogP contribution is -2.40. The predicted octanol–water partition coefficient (Wildman–Crippen LogP) is 1.74. The molecule has 0 amide bonds. The number of aliphatic hydroxyl groups is 1. The van der Waals surface area contributed by atoms with Crippen molar-refractivity contribution in [2.45, 2.75) is 58.6 Å². The third-order valence-corrected chi connectivity index (χ3v) is 2.96. The summed E-state index contributed by atoms with van der Waals surface area (Å²) in [6.45, 7) is 8.45. The molecule has 0 aromatic heterocycles. The maximum Gasteiger partial charge on any atom is 0.303 e. The van der Waals surface area contributed by atoms with Crippen molar-refractivity contribution in [3.8, 4) is 0 Å². The minimum Gasteiger partial charge on any atom is -0.481 e. The summed E-state index contributed by atoms with van der Waals surface area (Å²) in [6.07, 6.45) is 2.37. The quantitative estimate of drug-likeness (QED) is 0.531. The molecule has 114 valence electrons. The molecule has 5 heteroatoms. The molecule has 0 rings (SSSR count). The molecule has 1 atom stereocenters. The number of hydrogen-bond donors (Lipinski definition) is 2. The third kappa shape index (κ3) is 10.9. The van der Waals surface area contributed by atoms with Crippen LogP contribution in [0.1, 0.15) is 46.5 Å². The Morgan fingerprint density at radius 2 is 2.00 bits per heavy atom. The van der Waals surface area contributed by atoms with Crippen LogP contribution >= 0.6 is 0 Å². The first-order chi connectivity index (χ1) is 8.97. The van der Waals surface area contributed by atoms with E-state index in [4.69, 9.17) is 9.84 Å².